The second-order valence-corrected chi connectivity index (χ2v) is 15.6. The van der Waals surface area contributed by atoms with Crippen molar-refractivity contribution in [2.24, 2.45) is 5.73 Å². The number of nitrogens with zero attached hydrogens (tertiary/aromatic N) is 1. The summed E-state index contributed by atoms with van der Waals surface area (Å²) in [5.41, 5.74) is 11.2. The molecule has 0 saturated heterocycles. The highest BCUT2D eigenvalue weighted by atomic mass is 32.2. The number of phenols is 1. The number of phenolic OH excluding ortho intramolecular Hbond substituents is 1. The van der Waals surface area contributed by atoms with Crippen LogP contribution >= 0.6 is 0 Å². The number of nitrogens with two attached hydrogens (primary N) is 1. The number of aromatic hydroxyl groups is 1. The lowest BCUT2D eigenvalue weighted by Crippen LogP contribution is -2.28. The molecule has 6 aromatic rings. The van der Waals surface area contributed by atoms with E-state index in [1.165, 1.54) is 18.3 Å². The molecule has 1 atom stereocenters. The Balaban J connectivity index is 1.04. The van der Waals surface area contributed by atoms with Crippen molar-refractivity contribution in [3.8, 4) is 28.4 Å². The van der Waals surface area contributed by atoms with Gasteiger partial charge >= 0.3 is 0 Å². The molecule has 14 heteroatoms. The van der Waals surface area contributed by atoms with Crippen molar-refractivity contribution in [1.82, 2.24) is 10.3 Å². The van der Waals surface area contributed by atoms with E-state index in [0.29, 0.717) is 45.7 Å². The average molecular weight is 788 g/mol. The van der Waals surface area contributed by atoms with Gasteiger partial charge in [0.1, 0.15) is 17.2 Å². The number of hydrogen-bond donors (Lipinski definition) is 6. The van der Waals surface area contributed by atoms with Crippen molar-refractivity contribution in [2.75, 3.05) is 37.4 Å². The quantitative estimate of drug-likeness (QED) is 0.0543. The van der Waals surface area contributed by atoms with Gasteiger partial charge in [0.05, 0.1) is 39.8 Å². The molecule has 0 fully saturated rings. The number of fused-ring (bicyclic) bond motifs is 2. The van der Waals surface area contributed by atoms with Gasteiger partial charge in [-0.1, -0.05) is 42.5 Å². The fourth-order valence-electron chi connectivity index (χ4n) is 6.82. The van der Waals surface area contributed by atoms with Crippen LogP contribution < -0.4 is 31.2 Å². The van der Waals surface area contributed by atoms with Gasteiger partial charge in [-0.2, -0.15) is 0 Å². The number of aliphatic hydroxyl groups excluding tert-OH is 1. The highest BCUT2D eigenvalue weighted by Gasteiger charge is 2.26. The lowest BCUT2D eigenvalue weighted by atomic mass is 10.0. The molecule has 5 aromatic carbocycles. The van der Waals surface area contributed by atoms with Gasteiger partial charge in [0.2, 0.25) is 9.84 Å². The average Bonchev–Trinajstić information content (AvgIpc) is 3.21. The number of aryl methyl sites for hydroxylation is 2. The Kier molecular flexibility index (Phi) is 11.1. The summed E-state index contributed by atoms with van der Waals surface area (Å²) >= 11 is 0. The monoisotopic (exact) mass is 787 g/mol. The second-order valence-electron chi connectivity index (χ2n) is 13.7. The largest absolute Gasteiger partial charge is 0.506 e. The number of aromatic nitrogens is 1. The van der Waals surface area contributed by atoms with Crippen LogP contribution in [0.2, 0.25) is 0 Å². The number of carbonyl (C=O) groups excluding carboxylic acids is 2. The molecule has 7 N–H and O–H groups in total. The zero-order valence-corrected chi connectivity index (χ0v) is 32.0. The zero-order valence-electron chi connectivity index (χ0n) is 31.2. The molecule has 2 amide bonds. The Hall–Kier alpha value is -6.48. The maximum atomic E-state index is 14.2. The molecule has 0 aliphatic carbocycles. The Morgan fingerprint density at radius 3 is 2.56 bits per heavy atom. The first-order valence-corrected chi connectivity index (χ1v) is 19.7. The number of amides is 2. The minimum atomic E-state index is -4.03. The summed E-state index contributed by atoms with van der Waals surface area (Å²) in [4.78, 5) is 28.8. The fourth-order valence-corrected chi connectivity index (χ4v) is 8.24. The van der Waals surface area contributed by atoms with Crippen LogP contribution in [0.25, 0.3) is 22.0 Å². The van der Waals surface area contributed by atoms with E-state index in [2.05, 4.69) is 20.9 Å². The van der Waals surface area contributed by atoms with Crippen LogP contribution in [-0.4, -0.2) is 62.2 Å². The maximum Gasteiger partial charge on any atom is 0.262 e. The van der Waals surface area contributed by atoms with Gasteiger partial charge in [-0.15, -0.1) is 0 Å². The lowest BCUT2D eigenvalue weighted by Gasteiger charge is -2.23. The summed E-state index contributed by atoms with van der Waals surface area (Å²) < 4.78 is 39.3. The molecule has 13 nitrogen and oxygen atoms in total. The summed E-state index contributed by atoms with van der Waals surface area (Å²) in [6.07, 6.45) is 2.03. The van der Waals surface area contributed by atoms with Gasteiger partial charge in [-0.05, 0) is 97.1 Å². The van der Waals surface area contributed by atoms with Crippen molar-refractivity contribution >= 4 is 49.6 Å². The Labute approximate surface area is 329 Å². The van der Waals surface area contributed by atoms with Gasteiger partial charge in [0.15, 0.2) is 12.4 Å². The van der Waals surface area contributed by atoms with Gasteiger partial charge < -0.3 is 41.4 Å². The predicted octanol–water partition coefficient (Wildman–Crippen LogP) is 6.19. The van der Waals surface area contributed by atoms with Crippen LogP contribution in [-0.2, 0) is 21.1 Å². The van der Waals surface area contributed by atoms with Crippen molar-refractivity contribution < 1.29 is 37.7 Å². The molecule has 1 aliphatic rings. The number of nitrogens with one attached hydrogen (secondary N) is 3. The molecule has 1 unspecified atom stereocenters. The molecule has 0 spiro atoms. The van der Waals surface area contributed by atoms with E-state index in [1.54, 1.807) is 68.6 Å². The Bertz CT molecular complexity index is 2610. The minimum Gasteiger partial charge on any atom is -0.506 e. The number of sulfone groups is 1. The van der Waals surface area contributed by atoms with E-state index in [4.69, 9.17) is 15.2 Å². The van der Waals surface area contributed by atoms with E-state index >= 15 is 0 Å². The number of pyridine rings is 1. The SMILES string of the molecule is COc1cccc(Nc2c(C(N)=O)cnc3c(C)cc(S(=O)(=O)c4cccc(-c5ccc(CCCNCC(O)c6ccc(O)c7c6OCC(=O)N7)cc5)c4)cc23)c1. The van der Waals surface area contributed by atoms with Crippen LogP contribution in [0.15, 0.2) is 113 Å². The van der Waals surface area contributed by atoms with Crippen molar-refractivity contribution in [3.05, 3.63) is 126 Å². The number of rotatable bonds is 14. The predicted molar refractivity (Wildman–Crippen MR) is 217 cm³/mol. The smallest absolute Gasteiger partial charge is 0.262 e. The minimum absolute atomic E-state index is 0.0440. The number of methoxy groups -OCH3 is 1. The highest BCUT2D eigenvalue weighted by molar-refractivity contribution is 7.91. The van der Waals surface area contributed by atoms with E-state index in [-0.39, 0.29) is 51.6 Å². The normalized spacial score (nSPS) is 13.0. The molecule has 0 saturated carbocycles. The second kappa shape index (κ2) is 16.3. The zero-order chi connectivity index (χ0) is 40.3. The van der Waals surface area contributed by atoms with Gasteiger partial charge in [-0.3, -0.25) is 14.6 Å². The van der Waals surface area contributed by atoms with Crippen molar-refractivity contribution in [2.45, 2.75) is 35.7 Å². The van der Waals surface area contributed by atoms with E-state index in [1.807, 2.05) is 30.3 Å². The number of hydrogen-bond acceptors (Lipinski definition) is 11. The molecule has 57 heavy (non-hydrogen) atoms. The van der Waals surface area contributed by atoms with Crippen LogP contribution in [0.5, 0.6) is 17.2 Å². The topological polar surface area (TPSA) is 202 Å². The molecule has 0 bridgehead atoms. The third-order valence-electron chi connectivity index (χ3n) is 9.78. The number of aliphatic hydroxyl groups is 1. The first-order valence-electron chi connectivity index (χ1n) is 18.2. The summed E-state index contributed by atoms with van der Waals surface area (Å²) in [7, 11) is -2.48. The van der Waals surface area contributed by atoms with Crippen LogP contribution in [0.4, 0.5) is 17.1 Å². The van der Waals surface area contributed by atoms with Crippen LogP contribution in [0.1, 0.15) is 39.6 Å². The van der Waals surface area contributed by atoms with Gasteiger partial charge in [-0.25, -0.2) is 8.42 Å². The first kappa shape index (κ1) is 38.8. The standard InChI is InChI=1S/C43H41N5O8S/c1-25-18-32(21-34-39(25)46-22-35(43(44)52)40(34)47-29-8-4-9-30(20-29)55-2)57(53,54)31-10-3-7-28(19-31)27-13-11-26(12-14-27)6-5-17-45-23-37(50)33-15-16-36(49)41-42(33)56-24-38(51)48-41/h3-4,7-16,18-22,37,45,49-50H,5-6,17,23-24H2,1-2H3,(H2,44,52)(H,46,47)(H,48,51). The highest BCUT2D eigenvalue weighted by Crippen LogP contribution is 2.41. The van der Waals surface area contributed by atoms with Crippen molar-refractivity contribution in [1.29, 1.82) is 0 Å². The number of primary amides is 1. The third-order valence-corrected chi connectivity index (χ3v) is 11.5. The van der Waals surface area contributed by atoms with E-state index in [0.717, 1.165) is 29.5 Å². The Morgan fingerprint density at radius 1 is 1.00 bits per heavy atom. The number of ether oxygens (including phenoxy) is 2. The molecular formula is C43H41N5O8S. The molecule has 0 radical (unpaired) electrons. The molecule has 1 aromatic heterocycles. The number of carbonyl (C=O) groups is 2. The van der Waals surface area contributed by atoms with Crippen molar-refractivity contribution in [3.63, 3.8) is 0 Å². The van der Waals surface area contributed by atoms with Gasteiger partial charge in [0, 0.05) is 35.4 Å². The fraction of sp³-hybridized carbons (Fsp3) is 0.186. The number of benzene rings is 5. The first-order chi connectivity index (χ1) is 27.4. The number of anilines is 3. The third kappa shape index (κ3) is 8.24. The van der Waals surface area contributed by atoms with Gasteiger partial charge in [0.25, 0.3) is 11.8 Å². The lowest BCUT2D eigenvalue weighted by molar-refractivity contribution is -0.118. The summed E-state index contributed by atoms with van der Waals surface area (Å²) in [6, 6.07) is 27.9. The van der Waals surface area contributed by atoms with Crippen LogP contribution in [0, 0.1) is 6.92 Å². The molecular weight excluding hydrogens is 747 g/mol. The summed E-state index contributed by atoms with van der Waals surface area (Å²) in [5.74, 6) is -0.363. The van der Waals surface area contributed by atoms with E-state index in [9.17, 15) is 28.2 Å². The Morgan fingerprint density at radius 2 is 1.79 bits per heavy atom. The summed E-state index contributed by atoms with van der Waals surface area (Å²) in [5, 5.41) is 30.4. The maximum absolute atomic E-state index is 14.2. The molecule has 292 valence electrons. The van der Waals surface area contributed by atoms with E-state index < -0.39 is 21.8 Å². The molecule has 1 aliphatic heterocycles. The molecule has 2 heterocycles. The van der Waals surface area contributed by atoms with Crippen LogP contribution in [0.3, 0.4) is 0 Å². The summed E-state index contributed by atoms with van der Waals surface area (Å²) in [6.45, 7) is 2.46. The molecule has 7 rings (SSSR count).